The lowest BCUT2D eigenvalue weighted by Gasteiger charge is -2.11. The second kappa shape index (κ2) is 9.01. The number of ether oxygens (including phenoxy) is 1. The van der Waals surface area contributed by atoms with Crippen molar-refractivity contribution in [3.05, 3.63) is 35.3 Å². The minimum atomic E-state index is -0.326. The number of aromatic nitrogens is 3. The largest absolute Gasteiger partial charge is 0.466 e. The molecule has 1 aromatic carbocycles. The Morgan fingerprint density at radius 1 is 1.30 bits per heavy atom. The minimum Gasteiger partial charge on any atom is -0.466 e. The van der Waals surface area contributed by atoms with Gasteiger partial charge >= 0.3 is 5.97 Å². The Morgan fingerprint density at radius 3 is 2.85 bits per heavy atom. The predicted molar refractivity (Wildman–Crippen MR) is 107 cm³/mol. The zero-order valence-electron chi connectivity index (χ0n) is 15.0. The van der Waals surface area contributed by atoms with E-state index in [-0.39, 0.29) is 23.5 Å². The molecule has 9 heteroatoms. The van der Waals surface area contributed by atoms with E-state index in [1.54, 1.807) is 12.3 Å². The van der Waals surface area contributed by atoms with Crippen molar-refractivity contribution in [1.82, 2.24) is 15.0 Å². The zero-order chi connectivity index (χ0) is 19.2. The van der Waals surface area contributed by atoms with Crippen LogP contribution in [0, 0.1) is 0 Å². The van der Waals surface area contributed by atoms with Gasteiger partial charge in [0.15, 0.2) is 10.3 Å². The van der Waals surface area contributed by atoms with E-state index >= 15 is 0 Å². The van der Waals surface area contributed by atoms with Crippen LogP contribution in [0.3, 0.4) is 0 Å². The lowest BCUT2D eigenvalue weighted by atomic mass is 10.3. The number of aromatic amines is 1. The van der Waals surface area contributed by atoms with Crippen LogP contribution < -0.4 is 5.32 Å². The molecule has 2 aromatic heterocycles. The van der Waals surface area contributed by atoms with E-state index in [2.05, 4.69) is 20.3 Å². The molecule has 7 nitrogen and oxygen atoms in total. The first-order chi connectivity index (χ1) is 13.1. The van der Waals surface area contributed by atoms with Gasteiger partial charge in [0, 0.05) is 5.38 Å². The van der Waals surface area contributed by atoms with Gasteiger partial charge in [-0.1, -0.05) is 30.8 Å². The lowest BCUT2D eigenvalue weighted by Crippen LogP contribution is -2.24. The topological polar surface area (TPSA) is 97.0 Å². The molecule has 0 aliphatic heterocycles. The normalized spacial score (nSPS) is 12.1. The Kier molecular flexibility index (Phi) is 6.46. The zero-order valence-corrected chi connectivity index (χ0v) is 16.7. The van der Waals surface area contributed by atoms with Crippen LogP contribution in [0.5, 0.6) is 0 Å². The van der Waals surface area contributed by atoms with Crippen molar-refractivity contribution < 1.29 is 14.3 Å². The van der Waals surface area contributed by atoms with Gasteiger partial charge in [0.2, 0.25) is 5.91 Å². The number of esters is 1. The molecule has 1 unspecified atom stereocenters. The molecule has 0 radical (unpaired) electrons. The highest BCUT2D eigenvalue weighted by molar-refractivity contribution is 8.00. The third kappa shape index (κ3) is 5.08. The summed E-state index contributed by atoms with van der Waals surface area (Å²) in [5.41, 5.74) is 2.41. The maximum atomic E-state index is 12.6. The number of fused-ring (bicyclic) bond motifs is 1. The fraction of sp³-hybridized carbons (Fsp3) is 0.333. The molecule has 3 aromatic rings. The Balaban J connectivity index is 1.61. The number of nitrogens with one attached hydrogen (secondary N) is 2. The summed E-state index contributed by atoms with van der Waals surface area (Å²) in [5, 5.41) is 5.46. The first-order valence-electron chi connectivity index (χ1n) is 8.61. The van der Waals surface area contributed by atoms with Crippen molar-refractivity contribution in [1.29, 1.82) is 0 Å². The van der Waals surface area contributed by atoms with Crippen LogP contribution in [0.15, 0.2) is 34.8 Å². The summed E-state index contributed by atoms with van der Waals surface area (Å²) in [6.07, 6.45) is 0.750. The van der Waals surface area contributed by atoms with E-state index in [0.717, 1.165) is 11.0 Å². The highest BCUT2D eigenvalue weighted by atomic mass is 32.2. The van der Waals surface area contributed by atoms with Crippen LogP contribution in [-0.2, 0) is 20.7 Å². The Labute approximate surface area is 164 Å². The van der Waals surface area contributed by atoms with Gasteiger partial charge in [-0.25, -0.2) is 9.97 Å². The quantitative estimate of drug-likeness (QED) is 0.439. The van der Waals surface area contributed by atoms with Gasteiger partial charge in [-0.3, -0.25) is 9.59 Å². The van der Waals surface area contributed by atoms with E-state index in [0.29, 0.717) is 29.0 Å². The molecule has 3 rings (SSSR count). The number of thioether (sulfide) groups is 1. The summed E-state index contributed by atoms with van der Waals surface area (Å²) in [7, 11) is 0. The Hall–Kier alpha value is -2.39. The summed E-state index contributed by atoms with van der Waals surface area (Å²) >= 11 is 2.68. The molecular weight excluding hydrogens is 384 g/mol. The maximum absolute atomic E-state index is 12.6. The first-order valence-corrected chi connectivity index (χ1v) is 10.4. The number of carbonyl (C=O) groups excluding carboxylic acids is 2. The number of imidazole rings is 1. The molecule has 0 spiro atoms. The van der Waals surface area contributed by atoms with Crippen molar-refractivity contribution in [2.75, 3.05) is 11.9 Å². The molecule has 0 fully saturated rings. The summed E-state index contributed by atoms with van der Waals surface area (Å²) in [4.78, 5) is 36.1. The maximum Gasteiger partial charge on any atom is 0.311 e. The monoisotopic (exact) mass is 404 g/mol. The van der Waals surface area contributed by atoms with E-state index in [1.165, 1.54) is 23.1 Å². The fourth-order valence-electron chi connectivity index (χ4n) is 2.43. The number of H-pyrrole nitrogens is 1. The van der Waals surface area contributed by atoms with E-state index < -0.39 is 0 Å². The molecule has 0 saturated heterocycles. The number of thiazole rings is 1. The predicted octanol–water partition coefficient (Wildman–Crippen LogP) is 3.63. The van der Waals surface area contributed by atoms with Gasteiger partial charge in [0.05, 0.1) is 35.0 Å². The van der Waals surface area contributed by atoms with Crippen LogP contribution in [0.2, 0.25) is 0 Å². The summed E-state index contributed by atoms with van der Waals surface area (Å²) < 4.78 is 4.91. The molecule has 27 heavy (non-hydrogen) atoms. The number of benzene rings is 1. The molecule has 142 valence electrons. The summed E-state index contributed by atoms with van der Waals surface area (Å²) in [6, 6.07) is 7.75. The first kappa shape index (κ1) is 19.4. The molecule has 1 amide bonds. The van der Waals surface area contributed by atoms with E-state index in [9.17, 15) is 9.59 Å². The van der Waals surface area contributed by atoms with Crippen molar-refractivity contribution in [3.63, 3.8) is 0 Å². The van der Waals surface area contributed by atoms with Gasteiger partial charge < -0.3 is 15.0 Å². The number of amides is 1. The van der Waals surface area contributed by atoms with Crippen LogP contribution in [0.1, 0.15) is 26.0 Å². The highest BCUT2D eigenvalue weighted by Gasteiger charge is 2.21. The molecule has 2 heterocycles. The van der Waals surface area contributed by atoms with Crippen LogP contribution >= 0.6 is 23.1 Å². The lowest BCUT2D eigenvalue weighted by molar-refractivity contribution is -0.142. The molecule has 2 N–H and O–H groups in total. The van der Waals surface area contributed by atoms with Crippen molar-refractivity contribution >= 4 is 51.1 Å². The fourth-order valence-corrected chi connectivity index (χ4v) is 4.07. The van der Waals surface area contributed by atoms with Crippen molar-refractivity contribution in [2.45, 2.75) is 37.1 Å². The number of carbonyl (C=O) groups is 2. The molecular formula is C18H20N4O3S2. The number of rotatable bonds is 8. The highest BCUT2D eigenvalue weighted by Crippen LogP contribution is 2.27. The number of hydrogen-bond acceptors (Lipinski definition) is 7. The average Bonchev–Trinajstić information content (AvgIpc) is 3.25. The number of para-hydroxylation sites is 2. The standard InChI is InChI=1S/C18H20N4O3S2/c1-3-14(27-18-20-12-7-5-6-8-13(12)21-18)16(24)22-17-19-11(10-26-17)9-15(23)25-4-2/h5-8,10,14H,3-4,9H2,1-2H3,(H,20,21)(H,19,22,24). The van der Waals surface area contributed by atoms with Gasteiger partial charge in [-0.05, 0) is 25.5 Å². The van der Waals surface area contributed by atoms with Gasteiger partial charge in [-0.15, -0.1) is 11.3 Å². The van der Waals surface area contributed by atoms with Gasteiger partial charge in [0.25, 0.3) is 0 Å². The van der Waals surface area contributed by atoms with E-state index in [4.69, 9.17) is 4.74 Å². The third-order valence-corrected chi connectivity index (χ3v) is 5.75. The van der Waals surface area contributed by atoms with Gasteiger partial charge in [-0.2, -0.15) is 0 Å². The van der Waals surface area contributed by atoms with Crippen LogP contribution in [-0.4, -0.2) is 38.7 Å². The second-order valence-corrected chi connectivity index (χ2v) is 7.74. The van der Waals surface area contributed by atoms with Crippen molar-refractivity contribution in [2.24, 2.45) is 0 Å². The van der Waals surface area contributed by atoms with Crippen LogP contribution in [0.4, 0.5) is 5.13 Å². The van der Waals surface area contributed by atoms with Crippen molar-refractivity contribution in [3.8, 4) is 0 Å². The van der Waals surface area contributed by atoms with E-state index in [1.807, 2.05) is 31.2 Å². The summed E-state index contributed by atoms with van der Waals surface area (Å²) in [5.74, 6) is -0.465. The Morgan fingerprint density at radius 2 is 2.11 bits per heavy atom. The molecule has 0 aliphatic carbocycles. The number of nitrogens with zero attached hydrogens (tertiary/aromatic N) is 2. The molecule has 1 atom stereocenters. The third-order valence-electron chi connectivity index (χ3n) is 3.70. The average molecular weight is 405 g/mol. The Bertz CT molecular complexity index is 904. The molecule has 0 aliphatic rings. The van der Waals surface area contributed by atoms with Crippen LogP contribution in [0.25, 0.3) is 11.0 Å². The molecule has 0 bridgehead atoms. The SMILES string of the molecule is CCOC(=O)Cc1csc(NC(=O)C(CC)Sc2nc3ccccc3[nH]2)n1. The minimum absolute atomic E-state index is 0.102. The second-order valence-electron chi connectivity index (χ2n) is 5.69. The summed E-state index contributed by atoms with van der Waals surface area (Å²) in [6.45, 7) is 4.05. The smallest absolute Gasteiger partial charge is 0.311 e. The van der Waals surface area contributed by atoms with Gasteiger partial charge in [0.1, 0.15) is 0 Å². The molecule has 0 saturated carbocycles. The number of anilines is 1. The number of hydrogen-bond donors (Lipinski definition) is 2.